The van der Waals surface area contributed by atoms with Gasteiger partial charge in [0.1, 0.15) is 5.82 Å². The highest BCUT2D eigenvalue weighted by Crippen LogP contribution is 2.18. The molecule has 0 bridgehead atoms. The molecule has 0 spiro atoms. The van der Waals surface area contributed by atoms with Gasteiger partial charge in [-0.1, -0.05) is 18.2 Å². The van der Waals surface area contributed by atoms with E-state index >= 15 is 0 Å². The Labute approximate surface area is 116 Å². The molecule has 1 aromatic carbocycles. The summed E-state index contributed by atoms with van der Waals surface area (Å²) in [6.07, 6.45) is 0.763. The van der Waals surface area contributed by atoms with E-state index in [0.717, 1.165) is 5.56 Å². The lowest BCUT2D eigenvalue weighted by molar-refractivity contribution is -0.122. The van der Waals surface area contributed by atoms with Crippen molar-refractivity contribution in [2.75, 3.05) is 5.32 Å². The molecule has 2 aromatic rings. The molecule has 4 nitrogen and oxygen atoms in total. The standard InChI is InChI=1S/C15H15FN2O2/c1-10-6-5-9-17-14(10)18-15(19)11(2)20-13-8-4-3-7-12(13)16/h3-9,11H,1-2H3,(H,17,18,19). The van der Waals surface area contributed by atoms with Crippen LogP contribution in [0.4, 0.5) is 10.2 Å². The van der Waals surface area contributed by atoms with Gasteiger partial charge in [0.05, 0.1) is 0 Å². The van der Waals surface area contributed by atoms with Gasteiger partial charge < -0.3 is 10.1 Å². The van der Waals surface area contributed by atoms with Gasteiger partial charge in [-0.3, -0.25) is 4.79 Å². The highest BCUT2D eigenvalue weighted by atomic mass is 19.1. The molecule has 20 heavy (non-hydrogen) atoms. The average Bonchev–Trinajstić information content (AvgIpc) is 2.43. The molecule has 0 fully saturated rings. The van der Waals surface area contributed by atoms with Crippen molar-refractivity contribution in [2.45, 2.75) is 20.0 Å². The predicted octanol–water partition coefficient (Wildman–Crippen LogP) is 2.94. The Morgan fingerprint density at radius 1 is 1.30 bits per heavy atom. The van der Waals surface area contributed by atoms with Gasteiger partial charge in [0, 0.05) is 6.20 Å². The molecule has 104 valence electrons. The van der Waals surface area contributed by atoms with Gasteiger partial charge in [0.25, 0.3) is 5.91 Å². The molecule has 1 amide bonds. The fourth-order valence-corrected chi connectivity index (χ4v) is 1.62. The van der Waals surface area contributed by atoms with Gasteiger partial charge >= 0.3 is 0 Å². The molecule has 1 unspecified atom stereocenters. The summed E-state index contributed by atoms with van der Waals surface area (Å²) in [4.78, 5) is 16.0. The van der Waals surface area contributed by atoms with E-state index in [9.17, 15) is 9.18 Å². The van der Waals surface area contributed by atoms with E-state index < -0.39 is 11.9 Å². The van der Waals surface area contributed by atoms with Crippen molar-refractivity contribution in [1.29, 1.82) is 0 Å². The number of para-hydroxylation sites is 1. The average molecular weight is 274 g/mol. The molecule has 1 aromatic heterocycles. The van der Waals surface area contributed by atoms with E-state index in [-0.39, 0.29) is 11.7 Å². The number of carbonyl (C=O) groups excluding carboxylic acids is 1. The van der Waals surface area contributed by atoms with Crippen LogP contribution in [0.25, 0.3) is 0 Å². The second kappa shape index (κ2) is 6.14. The number of aromatic nitrogens is 1. The van der Waals surface area contributed by atoms with Gasteiger partial charge in [-0.05, 0) is 37.6 Å². The van der Waals surface area contributed by atoms with Crippen molar-refractivity contribution < 1.29 is 13.9 Å². The third-order valence-corrected chi connectivity index (χ3v) is 2.76. The summed E-state index contributed by atoms with van der Waals surface area (Å²) in [6.45, 7) is 3.39. The van der Waals surface area contributed by atoms with Gasteiger partial charge in [-0.15, -0.1) is 0 Å². The second-order valence-electron chi connectivity index (χ2n) is 4.35. The van der Waals surface area contributed by atoms with Crippen molar-refractivity contribution in [3.63, 3.8) is 0 Å². The zero-order valence-electron chi connectivity index (χ0n) is 11.3. The highest BCUT2D eigenvalue weighted by molar-refractivity contribution is 5.93. The topological polar surface area (TPSA) is 51.2 Å². The largest absolute Gasteiger partial charge is 0.478 e. The Bertz CT molecular complexity index is 616. The Morgan fingerprint density at radius 3 is 2.75 bits per heavy atom. The van der Waals surface area contributed by atoms with Gasteiger partial charge in [-0.2, -0.15) is 0 Å². The molecule has 0 aliphatic carbocycles. The molecule has 0 saturated carbocycles. The fourth-order valence-electron chi connectivity index (χ4n) is 1.62. The van der Waals surface area contributed by atoms with Gasteiger partial charge in [-0.25, -0.2) is 9.37 Å². The molecular weight excluding hydrogens is 259 g/mol. The lowest BCUT2D eigenvalue weighted by Gasteiger charge is -2.15. The van der Waals surface area contributed by atoms with E-state index in [2.05, 4.69) is 10.3 Å². The lowest BCUT2D eigenvalue weighted by atomic mass is 10.2. The van der Waals surface area contributed by atoms with E-state index in [1.807, 2.05) is 13.0 Å². The molecule has 0 saturated heterocycles. The Hall–Kier alpha value is -2.43. The van der Waals surface area contributed by atoms with Crippen molar-refractivity contribution >= 4 is 11.7 Å². The monoisotopic (exact) mass is 274 g/mol. The summed E-state index contributed by atoms with van der Waals surface area (Å²) in [5.41, 5.74) is 0.846. The van der Waals surface area contributed by atoms with Crippen molar-refractivity contribution in [2.24, 2.45) is 0 Å². The number of halogens is 1. The summed E-state index contributed by atoms with van der Waals surface area (Å²) in [6, 6.07) is 9.58. The number of rotatable bonds is 4. The minimum atomic E-state index is -0.826. The number of hydrogen-bond donors (Lipinski definition) is 1. The smallest absolute Gasteiger partial charge is 0.266 e. The van der Waals surface area contributed by atoms with Gasteiger partial charge in [0.15, 0.2) is 17.7 Å². The van der Waals surface area contributed by atoms with Crippen LogP contribution in [-0.2, 0) is 4.79 Å². The normalized spacial score (nSPS) is 11.8. The summed E-state index contributed by atoms with van der Waals surface area (Å²) in [7, 11) is 0. The molecule has 0 aliphatic rings. The summed E-state index contributed by atoms with van der Waals surface area (Å²) in [5, 5.41) is 2.65. The molecule has 5 heteroatoms. The first kappa shape index (κ1) is 14.0. The number of nitrogens with zero attached hydrogens (tertiary/aromatic N) is 1. The lowest BCUT2D eigenvalue weighted by Crippen LogP contribution is -2.31. The van der Waals surface area contributed by atoms with Crippen LogP contribution in [0, 0.1) is 12.7 Å². The SMILES string of the molecule is Cc1cccnc1NC(=O)C(C)Oc1ccccc1F. The number of hydrogen-bond acceptors (Lipinski definition) is 3. The van der Waals surface area contributed by atoms with E-state index in [0.29, 0.717) is 5.82 Å². The maximum absolute atomic E-state index is 13.4. The van der Waals surface area contributed by atoms with E-state index in [1.165, 1.54) is 12.1 Å². The van der Waals surface area contributed by atoms with Crippen LogP contribution in [0.15, 0.2) is 42.6 Å². The molecule has 1 N–H and O–H groups in total. The number of pyridine rings is 1. The summed E-state index contributed by atoms with van der Waals surface area (Å²) >= 11 is 0. The quantitative estimate of drug-likeness (QED) is 0.932. The number of amides is 1. The molecular formula is C15H15FN2O2. The number of ether oxygens (including phenoxy) is 1. The molecule has 1 atom stereocenters. The number of aryl methyl sites for hydroxylation is 1. The number of carbonyl (C=O) groups is 1. The molecule has 1 heterocycles. The van der Waals surface area contributed by atoms with Crippen molar-refractivity contribution in [3.8, 4) is 5.75 Å². The minimum Gasteiger partial charge on any atom is -0.478 e. The van der Waals surface area contributed by atoms with Crippen molar-refractivity contribution in [1.82, 2.24) is 4.98 Å². The predicted molar refractivity (Wildman–Crippen MR) is 74.1 cm³/mol. The first-order valence-corrected chi connectivity index (χ1v) is 6.21. The van der Waals surface area contributed by atoms with E-state index in [1.54, 1.807) is 31.3 Å². The van der Waals surface area contributed by atoms with Gasteiger partial charge in [0.2, 0.25) is 0 Å². The Morgan fingerprint density at radius 2 is 2.05 bits per heavy atom. The van der Waals surface area contributed by atoms with Crippen LogP contribution >= 0.6 is 0 Å². The van der Waals surface area contributed by atoms with Crippen LogP contribution in [0.3, 0.4) is 0 Å². The molecule has 0 radical (unpaired) electrons. The maximum atomic E-state index is 13.4. The van der Waals surface area contributed by atoms with Crippen LogP contribution < -0.4 is 10.1 Å². The number of benzene rings is 1. The molecule has 0 aliphatic heterocycles. The first-order chi connectivity index (χ1) is 9.58. The summed E-state index contributed by atoms with van der Waals surface area (Å²) in [5.74, 6) is -0.356. The Balaban J connectivity index is 2.03. The maximum Gasteiger partial charge on any atom is 0.266 e. The minimum absolute atomic E-state index is 0.0490. The molecule has 2 rings (SSSR count). The zero-order chi connectivity index (χ0) is 14.5. The van der Waals surface area contributed by atoms with Crippen molar-refractivity contribution in [3.05, 3.63) is 54.0 Å². The first-order valence-electron chi connectivity index (χ1n) is 6.21. The second-order valence-corrected chi connectivity index (χ2v) is 4.35. The summed E-state index contributed by atoms with van der Waals surface area (Å²) < 4.78 is 18.7. The number of nitrogens with one attached hydrogen (secondary N) is 1. The van der Waals surface area contributed by atoms with Crippen LogP contribution in [0.5, 0.6) is 5.75 Å². The number of anilines is 1. The Kier molecular flexibility index (Phi) is 4.30. The van der Waals surface area contributed by atoms with Crippen LogP contribution in [0.2, 0.25) is 0 Å². The zero-order valence-corrected chi connectivity index (χ0v) is 11.3. The highest BCUT2D eigenvalue weighted by Gasteiger charge is 2.17. The van der Waals surface area contributed by atoms with Crippen LogP contribution in [-0.4, -0.2) is 17.0 Å². The van der Waals surface area contributed by atoms with Crippen LogP contribution in [0.1, 0.15) is 12.5 Å². The fraction of sp³-hybridized carbons (Fsp3) is 0.200. The third kappa shape index (κ3) is 3.32. The van der Waals surface area contributed by atoms with E-state index in [4.69, 9.17) is 4.74 Å². The third-order valence-electron chi connectivity index (χ3n) is 2.76.